The van der Waals surface area contributed by atoms with E-state index in [1.807, 2.05) is 60.7 Å². The molecule has 3 rings (SSSR count). The van der Waals surface area contributed by atoms with Crippen molar-refractivity contribution in [2.45, 2.75) is 24.9 Å². The molecule has 1 aliphatic heterocycles. The molecule has 1 N–H and O–H groups in total. The van der Waals surface area contributed by atoms with Crippen molar-refractivity contribution in [1.29, 1.82) is 0 Å². The van der Waals surface area contributed by atoms with Crippen LogP contribution in [-0.2, 0) is 24.9 Å². The number of Topliss-reactive ketones (excluding diaryl/α,β-unsaturated/α-hetero) is 1. The minimum absolute atomic E-state index is 0.195. The molecule has 0 aromatic heterocycles. The number of benzene rings is 2. The first-order valence-electron chi connectivity index (χ1n) is 7.78. The molecule has 5 nitrogen and oxygen atoms in total. The Hall–Kier alpha value is -2.05. The number of hydrogen-bond donors (Lipinski definition) is 1. The largest absolute Gasteiger partial charge is 0.341 e. The highest BCUT2D eigenvalue weighted by molar-refractivity contribution is 5.79. The second-order valence-corrected chi connectivity index (χ2v) is 5.93. The SMILES string of the molecule is COC1(O)OOC(c2ccccc2)(c2ccccc2)CC1C(C)=O. The highest BCUT2D eigenvalue weighted by atomic mass is 17.3. The van der Waals surface area contributed by atoms with E-state index in [1.165, 1.54) is 14.0 Å². The Morgan fingerprint density at radius 1 is 1.04 bits per heavy atom. The molecule has 1 heterocycles. The van der Waals surface area contributed by atoms with Crippen molar-refractivity contribution in [3.05, 3.63) is 71.8 Å². The lowest BCUT2D eigenvalue weighted by atomic mass is 9.77. The Bertz CT molecular complexity index is 661. The number of ether oxygens (including phenoxy) is 1. The highest BCUT2D eigenvalue weighted by Gasteiger charge is 2.55. The lowest BCUT2D eigenvalue weighted by molar-refractivity contribution is -0.552. The monoisotopic (exact) mass is 328 g/mol. The van der Waals surface area contributed by atoms with Crippen LogP contribution in [0.5, 0.6) is 0 Å². The van der Waals surface area contributed by atoms with E-state index in [0.717, 1.165) is 11.1 Å². The maximum Gasteiger partial charge on any atom is 0.319 e. The molecule has 2 aromatic carbocycles. The molecule has 126 valence electrons. The number of carbonyl (C=O) groups excluding carboxylic acids is 1. The molecule has 0 saturated carbocycles. The molecule has 0 amide bonds. The van der Waals surface area contributed by atoms with Crippen molar-refractivity contribution in [3.8, 4) is 0 Å². The van der Waals surface area contributed by atoms with Gasteiger partial charge < -0.3 is 9.84 Å². The van der Waals surface area contributed by atoms with Crippen LogP contribution in [0.1, 0.15) is 24.5 Å². The number of rotatable bonds is 4. The molecule has 2 aromatic rings. The van der Waals surface area contributed by atoms with Crippen molar-refractivity contribution >= 4 is 5.78 Å². The van der Waals surface area contributed by atoms with Gasteiger partial charge in [-0.15, -0.1) is 0 Å². The predicted octanol–water partition coefficient (Wildman–Crippen LogP) is 2.78. The van der Waals surface area contributed by atoms with Gasteiger partial charge in [-0.25, -0.2) is 4.89 Å². The van der Waals surface area contributed by atoms with E-state index in [-0.39, 0.29) is 12.2 Å². The summed E-state index contributed by atoms with van der Waals surface area (Å²) in [6, 6.07) is 19.0. The summed E-state index contributed by atoms with van der Waals surface area (Å²) in [7, 11) is 1.28. The van der Waals surface area contributed by atoms with Gasteiger partial charge in [0.25, 0.3) is 0 Å². The van der Waals surface area contributed by atoms with Crippen molar-refractivity contribution in [2.24, 2.45) is 5.92 Å². The van der Waals surface area contributed by atoms with E-state index in [1.54, 1.807) is 0 Å². The molecule has 0 bridgehead atoms. The zero-order chi connectivity index (χ0) is 17.2. The minimum atomic E-state index is -2.10. The predicted molar refractivity (Wildman–Crippen MR) is 86.6 cm³/mol. The van der Waals surface area contributed by atoms with Crippen LogP contribution in [-0.4, -0.2) is 24.0 Å². The molecule has 1 saturated heterocycles. The normalized spacial score (nSPS) is 26.0. The van der Waals surface area contributed by atoms with Gasteiger partial charge in [-0.1, -0.05) is 60.7 Å². The van der Waals surface area contributed by atoms with E-state index in [9.17, 15) is 9.90 Å². The van der Waals surface area contributed by atoms with Crippen LogP contribution in [0.25, 0.3) is 0 Å². The first kappa shape index (κ1) is 16.8. The summed E-state index contributed by atoms with van der Waals surface area (Å²) < 4.78 is 5.01. The van der Waals surface area contributed by atoms with Gasteiger partial charge in [-0.05, 0) is 18.1 Å². The van der Waals surface area contributed by atoms with E-state index in [2.05, 4.69) is 0 Å². The first-order chi connectivity index (χ1) is 11.5. The lowest BCUT2D eigenvalue weighted by Crippen LogP contribution is -2.55. The molecule has 2 unspecified atom stereocenters. The summed E-state index contributed by atoms with van der Waals surface area (Å²) in [6.07, 6.45) is 0.195. The van der Waals surface area contributed by atoms with Crippen molar-refractivity contribution in [3.63, 3.8) is 0 Å². The number of methoxy groups -OCH3 is 1. The Labute approximate surface area is 140 Å². The van der Waals surface area contributed by atoms with Crippen LogP contribution >= 0.6 is 0 Å². The van der Waals surface area contributed by atoms with Gasteiger partial charge in [0.1, 0.15) is 11.7 Å². The summed E-state index contributed by atoms with van der Waals surface area (Å²) >= 11 is 0. The zero-order valence-electron chi connectivity index (χ0n) is 13.6. The Morgan fingerprint density at radius 3 is 1.96 bits per heavy atom. The first-order valence-corrected chi connectivity index (χ1v) is 7.78. The number of ketones is 1. The second-order valence-electron chi connectivity index (χ2n) is 5.93. The van der Waals surface area contributed by atoms with Crippen LogP contribution in [0, 0.1) is 5.92 Å². The Balaban J connectivity index is 2.13. The molecule has 24 heavy (non-hydrogen) atoms. The van der Waals surface area contributed by atoms with Crippen molar-refractivity contribution < 1.29 is 24.4 Å². The average Bonchev–Trinajstić information content (AvgIpc) is 2.63. The molecule has 2 atom stereocenters. The lowest BCUT2D eigenvalue weighted by Gasteiger charge is -2.45. The molecule has 1 aliphatic rings. The van der Waals surface area contributed by atoms with Crippen LogP contribution in [0.2, 0.25) is 0 Å². The quantitative estimate of drug-likeness (QED) is 0.690. The maximum atomic E-state index is 12.1. The zero-order valence-corrected chi connectivity index (χ0v) is 13.6. The fraction of sp³-hybridized carbons (Fsp3) is 0.316. The van der Waals surface area contributed by atoms with E-state index >= 15 is 0 Å². The minimum Gasteiger partial charge on any atom is -0.341 e. The van der Waals surface area contributed by atoms with Crippen molar-refractivity contribution in [1.82, 2.24) is 0 Å². The van der Waals surface area contributed by atoms with Gasteiger partial charge >= 0.3 is 5.97 Å². The number of carbonyl (C=O) groups is 1. The third-order valence-electron chi connectivity index (χ3n) is 4.50. The third-order valence-corrected chi connectivity index (χ3v) is 4.50. The summed E-state index contributed by atoms with van der Waals surface area (Å²) in [5.41, 5.74) is 0.657. The molecular formula is C19H20O5. The Morgan fingerprint density at radius 2 is 1.54 bits per heavy atom. The maximum absolute atomic E-state index is 12.1. The van der Waals surface area contributed by atoms with Gasteiger partial charge in [0, 0.05) is 13.5 Å². The van der Waals surface area contributed by atoms with Crippen LogP contribution in [0.3, 0.4) is 0 Å². The van der Waals surface area contributed by atoms with Gasteiger partial charge in [-0.3, -0.25) is 4.79 Å². The van der Waals surface area contributed by atoms with E-state index < -0.39 is 17.5 Å². The molecule has 5 heteroatoms. The standard InChI is InChI=1S/C19H20O5/c1-14(20)17-13-18(15-9-5-3-6-10-15,16-11-7-4-8-12-16)23-24-19(17,21)22-2/h3-12,17,21H,13H2,1-2H3. The number of aliphatic hydroxyl groups is 1. The number of hydrogen-bond acceptors (Lipinski definition) is 5. The van der Waals surface area contributed by atoms with Gasteiger partial charge in [0.2, 0.25) is 0 Å². The van der Waals surface area contributed by atoms with Crippen LogP contribution in [0.4, 0.5) is 0 Å². The third kappa shape index (κ3) is 2.76. The summed E-state index contributed by atoms with van der Waals surface area (Å²) in [5, 5.41) is 10.4. The molecular weight excluding hydrogens is 308 g/mol. The smallest absolute Gasteiger partial charge is 0.319 e. The second kappa shape index (κ2) is 6.45. The Kier molecular flexibility index (Phi) is 4.51. The molecule has 0 radical (unpaired) electrons. The highest BCUT2D eigenvalue weighted by Crippen LogP contribution is 2.47. The fourth-order valence-corrected chi connectivity index (χ4v) is 3.13. The summed E-state index contributed by atoms with van der Waals surface area (Å²) in [6.45, 7) is 1.41. The summed E-state index contributed by atoms with van der Waals surface area (Å²) in [4.78, 5) is 23.1. The van der Waals surface area contributed by atoms with Crippen molar-refractivity contribution in [2.75, 3.05) is 7.11 Å². The van der Waals surface area contributed by atoms with Gasteiger partial charge in [0.15, 0.2) is 5.60 Å². The van der Waals surface area contributed by atoms with Gasteiger partial charge in [-0.2, -0.15) is 4.89 Å². The summed E-state index contributed by atoms with van der Waals surface area (Å²) in [5.74, 6) is -3.23. The topological polar surface area (TPSA) is 65.0 Å². The van der Waals surface area contributed by atoms with Crippen LogP contribution < -0.4 is 0 Å². The fourth-order valence-electron chi connectivity index (χ4n) is 3.13. The van der Waals surface area contributed by atoms with E-state index in [4.69, 9.17) is 14.5 Å². The van der Waals surface area contributed by atoms with E-state index in [0.29, 0.717) is 0 Å². The molecule has 0 spiro atoms. The van der Waals surface area contributed by atoms with Gasteiger partial charge in [0.05, 0.1) is 0 Å². The average molecular weight is 328 g/mol. The van der Waals surface area contributed by atoms with Crippen LogP contribution in [0.15, 0.2) is 60.7 Å². The molecule has 0 aliphatic carbocycles. The molecule has 1 fully saturated rings.